The number of aliphatic carboxylic acids is 1. The van der Waals surface area contributed by atoms with Gasteiger partial charge in [-0.05, 0) is 32.1 Å². The third-order valence-corrected chi connectivity index (χ3v) is 5.09. The van der Waals surface area contributed by atoms with Crippen molar-refractivity contribution >= 4 is 5.97 Å². The number of hydrogen-bond donors (Lipinski definition) is 1. The molecule has 4 atom stereocenters. The van der Waals surface area contributed by atoms with Crippen LogP contribution in [0.2, 0.25) is 0 Å². The van der Waals surface area contributed by atoms with Crippen molar-refractivity contribution < 1.29 is 9.90 Å². The number of nitrogens with zero attached hydrogens (tertiary/aromatic N) is 2. The molecule has 0 aromatic carbocycles. The van der Waals surface area contributed by atoms with Crippen LogP contribution in [0.3, 0.4) is 0 Å². The summed E-state index contributed by atoms with van der Waals surface area (Å²) in [6, 6.07) is 2.11. The average molecular weight is 252 g/mol. The predicted octanol–water partition coefficient (Wildman–Crippen LogP) is 1.26. The summed E-state index contributed by atoms with van der Waals surface area (Å²) < 4.78 is 0. The van der Waals surface area contributed by atoms with Crippen LogP contribution in [0.15, 0.2) is 0 Å². The first-order valence-corrected chi connectivity index (χ1v) is 7.29. The van der Waals surface area contributed by atoms with Gasteiger partial charge in [0.05, 0.1) is 5.92 Å². The van der Waals surface area contributed by atoms with Crippen molar-refractivity contribution in [2.75, 3.05) is 19.6 Å². The van der Waals surface area contributed by atoms with Gasteiger partial charge in [-0.2, -0.15) is 0 Å². The normalized spacial score (nSPS) is 42.6. The Kier molecular flexibility index (Phi) is 3.10. The van der Waals surface area contributed by atoms with Gasteiger partial charge in [0.1, 0.15) is 0 Å². The summed E-state index contributed by atoms with van der Waals surface area (Å²) in [5.74, 6) is -0.474. The molecule has 0 bridgehead atoms. The predicted molar refractivity (Wildman–Crippen MR) is 69.5 cm³/mol. The topological polar surface area (TPSA) is 43.8 Å². The molecule has 1 aliphatic carbocycles. The van der Waals surface area contributed by atoms with E-state index < -0.39 is 5.97 Å². The highest BCUT2D eigenvalue weighted by Gasteiger charge is 2.44. The van der Waals surface area contributed by atoms with Crippen LogP contribution in [0.5, 0.6) is 0 Å². The Bertz CT molecular complexity index is 343. The molecular weight excluding hydrogens is 228 g/mol. The summed E-state index contributed by atoms with van der Waals surface area (Å²) in [6.07, 6.45) is 3.95. The molecule has 0 spiro atoms. The molecule has 0 radical (unpaired) electrons. The first kappa shape index (κ1) is 12.4. The van der Waals surface area contributed by atoms with Crippen LogP contribution in [-0.4, -0.2) is 58.6 Å². The fourth-order valence-electron chi connectivity index (χ4n) is 3.83. The fourth-order valence-corrected chi connectivity index (χ4v) is 3.83. The molecule has 0 amide bonds. The quantitative estimate of drug-likeness (QED) is 0.821. The largest absolute Gasteiger partial charge is 0.481 e. The SMILES string of the molecule is CC1CN(C2CC(C)N(C3CC3)C2)CC1C(=O)O. The Morgan fingerprint density at radius 1 is 1.11 bits per heavy atom. The monoisotopic (exact) mass is 252 g/mol. The first-order valence-electron chi connectivity index (χ1n) is 7.29. The second-order valence-electron chi connectivity index (χ2n) is 6.54. The maximum absolute atomic E-state index is 11.2. The summed E-state index contributed by atoms with van der Waals surface area (Å²) >= 11 is 0. The van der Waals surface area contributed by atoms with Gasteiger partial charge in [0, 0.05) is 37.8 Å². The fraction of sp³-hybridized carbons (Fsp3) is 0.929. The molecular formula is C14H24N2O2. The van der Waals surface area contributed by atoms with Gasteiger partial charge >= 0.3 is 5.97 Å². The smallest absolute Gasteiger partial charge is 0.308 e. The molecule has 0 aromatic heterocycles. The van der Waals surface area contributed by atoms with E-state index in [-0.39, 0.29) is 5.92 Å². The lowest BCUT2D eigenvalue weighted by Crippen LogP contribution is -2.37. The number of likely N-dealkylation sites (tertiary alicyclic amines) is 2. The standard InChI is InChI=1S/C14H24N2O2/c1-9-6-15(8-13(9)14(17)18)12-5-10(2)16(7-12)11-3-4-11/h9-13H,3-8H2,1-2H3,(H,17,18). The van der Waals surface area contributed by atoms with Crippen molar-refractivity contribution in [3.63, 3.8) is 0 Å². The lowest BCUT2D eigenvalue weighted by molar-refractivity contribution is -0.142. The molecule has 4 nitrogen and oxygen atoms in total. The molecule has 3 rings (SSSR count). The zero-order valence-electron chi connectivity index (χ0n) is 11.4. The number of hydrogen-bond acceptors (Lipinski definition) is 3. The number of carbonyl (C=O) groups is 1. The van der Waals surface area contributed by atoms with Crippen molar-refractivity contribution in [1.82, 2.24) is 9.80 Å². The van der Waals surface area contributed by atoms with Crippen LogP contribution in [-0.2, 0) is 4.79 Å². The Morgan fingerprint density at radius 3 is 2.39 bits per heavy atom. The molecule has 1 saturated carbocycles. The molecule has 2 saturated heterocycles. The molecule has 18 heavy (non-hydrogen) atoms. The van der Waals surface area contributed by atoms with Crippen LogP contribution in [0.4, 0.5) is 0 Å². The first-order chi connectivity index (χ1) is 8.56. The zero-order chi connectivity index (χ0) is 12.9. The van der Waals surface area contributed by atoms with Crippen molar-refractivity contribution in [3.8, 4) is 0 Å². The van der Waals surface area contributed by atoms with E-state index in [9.17, 15) is 9.90 Å². The molecule has 3 fully saturated rings. The maximum atomic E-state index is 11.2. The summed E-state index contributed by atoms with van der Waals surface area (Å²) in [7, 11) is 0. The van der Waals surface area contributed by atoms with Crippen LogP contribution in [0.25, 0.3) is 0 Å². The maximum Gasteiger partial charge on any atom is 0.308 e. The average Bonchev–Trinajstić information content (AvgIpc) is 2.96. The summed E-state index contributed by atoms with van der Waals surface area (Å²) in [5, 5.41) is 9.21. The third-order valence-electron chi connectivity index (χ3n) is 5.09. The number of rotatable bonds is 3. The lowest BCUT2D eigenvalue weighted by Gasteiger charge is -2.24. The summed E-state index contributed by atoms with van der Waals surface area (Å²) in [6.45, 7) is 7.28. The van der Waals surface area contributed by atoms with Crippen molar-refractivity contribution in [3.05, 3.63) is 0 Å². The van der Waals surface area contributed by atoms with E-state index in [2.05, 4.69) is 23.6 Å². The van der Waals surface area contributed by atoms with Crippen LogP contribution < -0.4 is 0 Å². The Hall–Kier alpha value is -0.610. The molecule has 4 heteroatoms. The summed E-state index contributed by atoms with van der Waals surface area (Å²) in [4.78, 5) is 16.3. The number of carboxylic acid groups (broad SMARTS) is 1. The van der Waals surface area contributed by atoms with Crippen molar-refractivity contribution in [1.29, 1.82) is 0 Å². The van der Waals surface area contributed by atoms with Gasteiger partial charge < -0.3 is 5.11 Å². The van der Waals surface area contributed by atoms with E-state index in [4.69, 9.17) is 0 Å². The van der Waals surface area contributed by atoms with Gasteiger partial charge in [0.2, 0.25) is 0 Å². The van der Waals surface area contributed by atoms with Gasteiger partial charge in [-0.1, -0.05) is 6.92 Å². The van der Waals surface area contributed by atoms with Gasteiger partial charge in [0.15, 0.2) is 0 Å². The highest BCUT2D eigenvalue weighted by molar-refractivity contribution is 5.71. The third kappa shape index (κ3) is 2.16. The van der Waals surface area contributed by atoms with E-state index in [0.29, 0.717) is 18.0 Å². The highest BCUT2D eigenvalue weighted by Crippen LogP contribution is 2.36. The minimum absolute atomic E-state index is 0.157. The Balaban J connectivity index is 1.61. The van der Waals surface area contributed by atoms with Crippen molar-refractivity contribution in [2.45, 2.75) is 51.2 Å². The highest BCUT2D eigenvalue weighted by atomic mass is 16.4. The van der Waals surface area contributed by atoms with Gasteiger partial charge in [-0.15, -0.1) is 0 Å². The summed E-state index contributed by atoms with van der Waals surface area (Å²) in [5.41, 5.74) is 0. The molecule has 4 unspecified atom stereocenters. The second-order valence-corrected chi connectivity index (χ2v) is 6.54. The lowest BCUT2D eigenvalue weighted by atomic mass is 9.99. The van der Waals surface area contributed by atoms with Gasteiger partial charge in [-0.3, -0.25) is 14.6 Å². The minimum Gasteiger partial charge on any atom is -0.481 e. The second kappa shape index (κ2) is 4.49. The zero-order valence-corrected chi connectivity index (χ0v) is 11.4. The molecule has 2 aliphatic heterocycles. The molecule has 1 N–H and O–H groups in total. The minimum atomic E-state index is -0.616. The Morgan fingerprint density at radius 2 is 1.83 bits per heavy atom. The van der Waals surface area contributed by atoms with E-state index in [1.54, 1.807) is 0 Å². The molecule has 0 aromatic rings. The number of carboxylic acids is 1. The van der Waals surface area contributed by atoms with Crippen LogP contribution in [0.1, 0.15) is 33.1 Å². The molecule has 2 heterocycles. The van der Waals surface area contributed by atoms with E-state index in [1.807, 2.05) is 0 Å². The van der Waals surface area contributed by atoms with E-state index in [1.165, 1.54) is 19.3 Å². The van der Waals surface area contributed by atoms with Crippen molar-refractivity contribution in [2.24, 2.45) is 11.8 Å². The van der Waals surface area contributed by atoms with Gasteiger partial charge in [0.25, 0.3) is 0 Å². The molecule has 102 valence electrons. The van der Waals surface area contributed by atoms with E-state index >= 15 is 0 Å². The Labute approximate surface area is 109 Å². The van der Waals surface area contributed by atoms with Gasteiger partial charge in [-0.25, -0.2) is 0 Å². The van der Waals surface area contributed by atoms with Crippen LogP contribution >= 0.6 is 0 Å². The van der Waals surface area contributed by atoms with Crippen LogP contribution in [0, 0.1) is 11.8 Å². The molecule has 3 aliphatic rings. The van der Waals surface area contributed by atoms with E-state index in [0.717, 1.165) is 25.7 Å².